The van der Waals surface area contributed by atoms with E-state index in [4.69, 9.17) is 17.3 Å². The van der Waals surface area contributed by atoms with E-state index in [1.165, 1.54) is 5.56 Å². The highest BCUT2D eigenvalue weighted by atomic mass is 35.5. The van der Waals surface area contributed by atoms with Gasteiger partial charge in [0.2, 0.25) is 0 Å². The fraction of sp³-hybridized carbons (Fsp3) is 0.400. The van der Waals surface area contributed by atoms with Gasteiger partial charge in [-0.25, -0.2) is 5.43 Å². The zero-order valence-electron chi connectivity index (χ0n) is 8.00. The van der Waals surface area contributed by atoms with Crippen molar-refractivity contribution in [3.63, 3.8) is 0 Å². The van der Waals surface area contributed by atoms with Gasteiger partial charge in [-0.1, -0.05) is 23.7 Å². The van der Waals surface area contributed by atoms with E-state index in [0.29, 0.717) is 6.04 Å². The molecule has 1 heterocycles. The summed E-state index contributed by atoms with van der Waals surface area (Å²) in [5.41, 5.74) is 13.3. The van der Waals surface area contributed by atoms with E-state index in [2.05, 4.69) is 23.8 Å². The Kier molecular flexibility index (Phi) is 2.74. The number of hydrazine groups is 1. The van der Waals surface area contributed by atoms with Crippen LogP contribution in [0.15, 0.2) is 24.3 Å². The number of nitrogens with one attached hydrogen (secondary N) is 2. The Morgan fingerprint density at radius 3 is 2.71 bits per heavy atom. The second-order valence-electron chi connectivity index (χ2n) is 3.68. The van der Waals surface area contributed by atoms with Crippen molar-refractivity contribution in [1.82, 2.24) is 10.9 Å². The molecular formula is C10H14ClN3. The molecule has 3 unspecified atom stereocenters. The fourth-order valence-corrected chi connectivity index (χ4v) is 2.13. The number of hydrogen-bond donors (Lipinski definition) is 3. The number of hydrogen-bond acceptors (Lipinski definition) is 3. The van der Waals surface area contributed by atoms with Crippen molar-refractivity contribution in [3.05, 3.63) is 34.9 Å². The first kappa shape index (κ1) is 9.93. The van der Waals surface area contributed by atoms with Crippen LogP contribution in [0.2, 0.25) is 5.02 Å². The van der Waals surface area contributed by atoms with Crippen molar-refractivity contribution in [1.29, 1.82) is 0 Å². The maximum absolute atomic E-state index is 5.94. The molecule has 2 rings (SSSR count). The summed E-state index contributed by atoms with van der Waals surface area (Å²) < 4.78 is 0. The zero-order chi connectivity index (χ0) is 10.1. The van der Waals surface area contributed by atoms with Crippen LogP contribution in [0.25, 0.3) is 0 Å². The van der Waals surface area contributed by atoms with Crippen molar-refractivity contribution >= 4 is 11.6 Å². The van der Waals surface area contributed by atoms with Crippen molar-refractivity contribution in [2.45, 2.75) is 25.0 Å². The van der Waals surface area contributed by atoms with Gasteiger partial charge in [0.1, 0.15) is 0 Å². The monoisotopic (exact) mass is 211 g/mol. The van der Waals surface area contributed by atoms with Gasteiger partial charge >= 0.3 is 0 Å². The van der Waals surface area contributed by atoms with Gasteiger partial charge in [0.05, 0.1) is 6.17 Å². The Balaban J connectivity index is 2.29. The third kappa shape index (κ3) is 1.77. The van der Waals surface area contributed by atoms with Crippen molar-refractivity contribution in [3.8, 4) is 0 Å². The summed E-state index contributed by atoms with van der Waals surface area (Å²) >= 11 is 5.94. The van der Waals surface area contributed by atoms with Gasteiger partial charge in [-0.2, -0.15) is 0 Å². The van der Waals surface area contributed by atoms with Crippen LogP contribution < -0.4 is 16.6 Å². The van der Waals surface area contributed by atoms with E-state index in [0.717, 1.165) is 5.02 Å². The molecule has 4 heteroatoms. The van der Waals surface area contributed by atoms with Crippen LogP contribution in [0.5, 0.6) is 0 Å². The molecule has 3 atom stereocenters. The normalized spacial score (nSPS) is 32.1. The lowest BCUT2D eigenvalue weighted by Crippen LogP contribution is -2.38. The second-order valence-corrected chi connectivity index (χ2v) is 4.12. The van der Waals surface area contributed by atoms with Gasteiger partial charge in [-0.05, 0) is 24.6 Å². The van der Waals surface area contributed by atoms with Gasteiger partial charge in [0.25, 0.3) is 0 Å². The zero-order valence-corrected chi connectivity index (χ0v) is 8.75. The standard InChI is InChI=1S/C10H14ClN3/c1-6-9(10(12)14-13-6)7-3-2-4-8(11)5-7/h2-6,9-10,13-14H,12H2,1H3. The number of nitrogens with two attached hydrogens (primary N) is 1. The molecule has 0 radical (unpaired) electrons. The van der Waals surface area contributed by atoms with Gasteiger partial charge in [0, 0.05) is 17.0 Å². The summed E-state index contributed by atoms with van der Waals surface area (Å²) in [6.07, 6.45) is -0.0523. The Bertz CT molecular complexity index is 319. The van der Waals surface area contributed by atoms with E-state index in [9.17, 15) is 0 Å². The smallest absolute Gasteiger partial charge is 0.0764 e. The second kappa shape index (κ2) is 3.87. The van der Waals surface area contributed by atoms with Crippen LogP contribution in [0.4, 0.5) is 0 Å². The highest BCUT2D eigenvalue weighted by Gasteiger charge is 2.31. The summed E-state index contributed by atoms with van der Waals surface area (Å²) in [6.45, 7) is 2.10. The predicted octanol–water partition coefficient (Wildman–Crippen LogP) is 1.20. The number of rotatable bonds is 1. The first-order valence-corrected chi connectivity index (χ1v) is 5.08. The minimum atomic E-state index is -0.0523. The van der Waals surface area contributed by atoms with Crippen LogP contribution in [0.3, 0.4) is 0 Å². The molecule has 0 saturated carbocycles. The molecule has 1 saturated heterocycles. The molecule has 4 N–H and O–H groups in total. The topological polar surface area (TPSA) is 50.1 Å². The lowest BCUT2D eigenvalue weighted by atomic mass is 9.92. The van der Waals surface area contributed by atoms with E-state index in [1.807, 2.05) is 18.2 Å². The van der Waals surface area contributed by atoms with Crippen LogP contribution >= 0.6 is 11.6 Å². The highest BCUT2D eigenvalue weighted by Crippen LogP contribution is 2.26. The minimum absolute atomic E-state index is 0.0523. The van der Waals surface area contributed by atoms with E-state index in [1.54, 1.807) is 0 Å². The summed E-state index contributed by atoms with van der Waals surface area (Å²) in [7, 11) is 0. The van der Waals surface area contributed by atoms with Crippen LogP contribution in [0, 0.1) is 0 Å². The molecule has 1 aromatic rings. The van der Waals surface area contributed by atoms with Crippen LogP contribution in [-0.4, -0.2) is 12.2 Å². The fourth-order valence-electron chi connectivity index (χ4n) is 1.93. The number of benzene rings is 1. The molecule has 1 aromatic carbocycles. The summed E-state index contributed by atoms with van der Waals surface area (Å²) in [6, 6.07) is 8.18. The molecule has 76 valence electrons. The molecule has 14 heavy (non-hydrogen) atoms. The molecule has 0 bridgehead atoms. The van der Waals surface area contributed by atoms with Gasteiger partial charge in [-0.15, -0.1) is 0 Å². The summed E-state index contributed by atoms with van der Waals surface area (Å²) in [5.74, 6) is 0.272. The Morgan fingerprint density at radius 1 is 1.36 bits per heavy atom. The van der Waals surface area contributed by atoms with Crippen molar-refractivity contribution in [2.24, 2.45) is 5.73 Å². The molecule has 0 aliphatic carbocycles. The average molecular weight is 212 g/mol. The Hall–Kier alpha value is -0.610. The van der Waals surface area contributed by atoms with Crippen LogP contribution in [-0.2, 0) is 0 Å². The largest absolute Gasteiger partial charge is 0.314 e. The molecule has 1 fully saturated rings. The average Bonchev–Trinajstić information content (AvgIpc) is 2.46. The van der Waals surface area contributed by atoms with E-state index in [-0.39, 0.29) is 12.1 Å². The maximum atomic E-state index is 5.94. The first-order chi connectivity index (χ1) is 6.68. The SMILES string of the molecule is CC1NNC(N)C1c1cccc(Cl)c1. The van der Waals surface area contributed by atoms with Gasteiger partial charge in [-0.3, -0.25) is 5.43 Å². The third-order valence-corrected chi connectivity index (χ3v) is 2.87. The lowest BCUT2D eigenvalue weighted by molar-refractivity contribution is 0.546. The molecular weight excluding hydrogens is 198 g/mol. The molecule has 0 aromatic heterocycles. The van der Waals surface area contributed by atoms with E-state index < -0.39 is 0 Å². The van der Waals surface area contributed by atoms with Crippen molar-refractivity contribution in [2.75, 3.05) is 0 Å². The molecule has 1 aliphatic rings. The van der Waals surface area contributed by atoms with Gasteiger partial charge in [0.15, 0.2) is 0 Å². The molecule has 0 spiro atoms. The predicted molar refractivity (Wildman–Crippen MR) is 57.9 cm³/mol. The van der Waals surface area contributed by atoms with Gasteiger partial charge < -0.3 is 5.73 Å². The maximum Gasteiger partial charge on any atom is 0.0764 e. The highest BCUT2D eigenvalue weighted by molar-refractivity contribution is 6.30. The molecule has 3 nitrogen and oxygen atoms in total. The molecule has 1 aliphatic heterocycles. The third-order valence-electron chi connectivity index (χ3n) is 2.64. The molecule has 0 amide bonds. The van der Waals surface area contributed by atoms with E-state index >= 15 is 0 Å². The number of halogens is 1. The summed E-state index contributed by atoms with van der Waals surface area (Å²) in [4.78, 5) is 0. The minimum Gasteiger partial charge on any atom is -0.314 e. The summed E-state index contributed by atoms with van der Waals surface area (Å²) in [5, 5.41) is 0.758. The first-order valence-electron chi connectivity index (χ1n) is 4.70. The Morgan fingerprint density at radius 2 is 2.14 bits per heavy atom. The quantitative estimate of drug-likeness (QED) is 0.655. The Labute approximate surface area is 88.6 Å². The van der Waals surface area contributed by atoms with Crippen molar-refractivity contribution < 1.29 is 0 Å². The van der Waals surface area contributed by atoms with Crippen LogP contribution in [0.1, 0.15) is 18.4 Å². The lowest BCUT2D eigenvalue weighted by Gasteiger charge is -2.18.